The molecule has 0 aliphatic heterocycles. The van der Waals surface area contributed by atoms with E-state index in [0.29, 0.717) is 5.30 Å². The van der Waals surface area contributed by atoms with Crippen molar-refractivity contribution in [2.45, 2.75) is 58.5 Å². The maximum atomic E-state index is 13.3. The fourth-order valence-electron chi connectivity index (χ4n) is 2.72. The molecule has 2 rings (SSSR count). The molecule has 0 saturated heterocycles. The molecule has 1 nitrogen and oxygen atoms in total. The van der Waals surface area contributed by atoms with E-state index in [1.165, 1.54) is 12.1 Å². The fourth-order valence-corrected chi connectivity index (χ4v) is 4.03. The van der Waals surface area contributed by atoms with E-state index in [9.17, 15) is 18.3 Å². The van der Waals surface area contributed by atoms with Crippen LogP contribution in [0, 0.1) is 0 Å². The van der Waals surface area contributed by atoms with Crippen LogP contribution < -0.4 is 10.6 Å². The van der Waals surface area contributed by atoms with Gasteiger partial charge in [0.15, 0.2) is 0 Å². The number of hydrogen-bond acceptors (Lipinski definition) is 1. The number of hydrogen-bond donors (Lipinski definition) is 1. The molecule has 1 atom stereocenters. The Labute approximate surface area is 189 Å². The van der Waals surface area contributed by atoms with Crippen LogP contribution in [0.5, 0.6) is 5.75 Å². The summed E-state index contributed by atoms with van der Waals surface area (Å²) < 4.78 is 40.0. The molecule has 0 saturated carbocycles. The van der Waals surface area contributed by atoms with Gasteiger partial charge in [0.05, 0.1) is 5.56 Å². The zero-order valence-electron chi connectivity index (χ0n) is 17.3. The van der Waals surface area contributed by atoms with Crippen molar-refractivity contribution in [3.63, 3.8) is 0 Å². The molecule has 0 spiro atoms. The van der Waals surface area contributed by atoms with Crippen molar-refractivity contribution in [1.82, 2.24) is 0 Å². The van der Waals surface area contributed by atoms with Crippen LogP contribution in [-0.2, 0) is 34.0 Å². The first-order valence-corrected chi connectivity index (χ1v) is 14.2. The molecule has 1 N–H and O–H groups in total. The minimum atomic E-state index is -4.41. The van der Waals surface area contributed by atoms with Crippen molar-refractivity contribution in [3.8, 4) is 5.75 Å². The van der Waals surface area contributed by atoms with E-state index in [1.807, 2.05) is 32.9 Å². The second-order valence-corrected chi connectivity index (χ2v) is 12.6. The third-order valence-corrected chi connectivity index (χ3v) is 5.64. The Morgan fingerprint density at radius 3 is 1.79 bits per heavy atom. The predicted molar refractivity (Wildman–Crippen MR) is 116 cm³/mol. The Balaban J connectivity index is 0.00000132. The first-order chi connectivity index (χ1) is 13.1. The van der Waals surface area contributed by atoms with Crippen LogP contribution in [0.25, 0.3) is 0 Å². The van der Waals surface area contributed by atoms with Gasteiger partial charge < -0.3 is 5.11 Å². The topological polar surface area (TPSA) is 20.2 Å². The number of alkyl halides is 3. The Hall–Kier alpha value is -0.246. The van der Waals surface area contributed by atoms with Crippen molar-refractivity contribution in [2.75, 3.05) is 0 Å². The van der Waals surface area contributed by atoms with E-state index < -0.39 is 28.8 Å². The van der Waals surface area contributed by atoms with Crippen LogP contribution in [-0.4, -0.2) is 5.11 Å². The zero-order valence-corrected chi connectivity index (χ0v) is 21.4. The third-order valence-electron chi connectivity index (χ3n) is 4.29. The van der Waals surface area contributed by atoms with E-state index in [0.717, 1.165) is 17.2 Å². The summed E-state index contributed by atoms with van der Waals surface area (Å²) in [6.45, 7) is 12.1. The van der Waals surface area contributed by atoms with Gasteiger partial charge in [0.2, 0.25) is 0 Å². The molecule has 0 amide bonds. The molecule has 29 heavy (non-hydrogen) atoms. The molecular weight excluding hydrogens is 475 g/mol. The Kier molecular flexibility index (Phi) is 9.59. The average molecular weight is 501 g/mol. The SMILES string of the molecule is CC(C)(C)c1cc(Pc2ccccc2C(F)(F)F)c(O)c(C(C)(C)C)c1.[Cl][Ti][Cl]. The number of rotatable bonds is 2. The van der Waals surface area contributed by atoms with E-state index >= 15 is 0 Å². The number of aromatic hydroxyl groups is 1. The summed E-state index contributed by atoms with van der Waals surface area (Å²) >= 11 is -0.556. The molecule has 0 bridgehead atoms. The third kappa shape index (κ3) is 7.74. The first-order valence-electron chi connectivity index (χ1n) is 8.90. The van der Waals surface area contributed by atoms with Crippen LogP contribution in [0.4, 0.5) is 13.2 Å². The number of benzene rings is 2. The Morgan fingerprint density at radius 1 is 0.828 bits per heavy atom. The van der Waals surface area contributed by atoms with Crippen LogP contribution in [0.1, 0.15) is 58.2 Å². The van der Waals surface area contributed by atoms with Gasteiger partial charge >= 0.3 is 41.8 Å². The fraction of sp³-hybridized carbons (Fsp3) is 0.429. The summed E-state index contributed by atoms with van der Waals surface area (Å²) in [4.78, 5) is 0. The molecule has 8 heteroatoms. The van der Waals surface area contributed by atoms with Gasteiger partial charge in [-0.3, -0.25) is 0 Å². The van der Waals surface area contributed by atoms with Crippen molar-refractivity contribution in [1.29, 1.82) is 0 Å². The van der Waals surface area contributed by atoms with Gasteiger partial charge in [0.25, 0.3) is 0 Å². The quantitative estimate of drug-likeness (QED) is 0.347. The average Bonchev–Trinajstić information content (AvgIpc) is 2.55. The molecule has 0 aliphatic carbocycles. The van der Waals surface area contributed by atoms with Gasteiger partial charge in [-0.2, -0.15) is 13.2 Å². The van der Waals surface area contributed by atoms with E-state index in [1.54, 1.807) is 6.07 Å². The number of phenols is 1. The summed E-state index contributed by atoms with van der Waals surface area (Å²) in [5.74, 6) is 0.0980. The summed E-state index contributed by atoms with van der Waals surface area (Å²) in [6.07, 6.45) is -4.41. The normalized spacial score (nSPS) is 12.7. The van der Waals surface area contributed by atoms with Crippen LogP contribution in [0.15, 0.2) is 36.4 Å². The number of halogens is 5. The molecule has 0 aliphatic rings. The second kappa shape index (κ2) is 10.4. The standard InChI is InChI=1S/C21H26F3OP.2ClH.Ti/c1-19(2,3)13-11-15(20(4,5)6)18(25)17(12-13)26-16-10-8-7-9-14(16)21(22,23)24;;;/h7-12,25-26H,1-6H3;2*1H;/q;;;+2/p-2. The molecule has 160 valence electrons. The summed E-state index contributed by atoms with van der Waals surface area (Å²) in [5, 5.41) is 11.5. The zero-order chi connectivity index (χ0) is 22.6. The molecule has 0 radical (unpaired) electrons. The Bertz CT molecular complexity index is 828. The molecule has 2 aromatic carbocycles. The molecule has 0 aromatic heterocycles. The van der Waals surface area contributed by atoms with E-state index in [2.05, 4.69) is 20.8 Å². The van der Waals surface area contributed by atoms with Gasteiger partial charge in [-0.25, -0.2) is 0 Å². The molecule has 0 fully saturated rings. The van der Waals surface area contributed by atoms with Crippen LogP contribution in [0.3, 0.4) is 0 Å². The van der Waals surface area contributed by atoms with Gasteiger partial charge in [0.1, 0.15) is 5.75 Å². The van der Waals surface area contributed by atoms with E-state index in [-0.39, 0.29) is 30.5 Å². The molecule has 0 heterocycles. The minimum absolute atomic E-state index is 0.0980. The van der Waals surface area contributed by atoms with Crippen LogP contribution >= 0.6 is 27.2 Å². The maximum absolute atomic E-state index is 13.3. The van der Waals surface area contributed by atoms with Gasteiger partial charge in [-0.15, -0.1) is 0 Å². The number of phenolic OH excluding ortho intramolecular Hbond substituents is 1. The van der Waals surface area contributed by atoms with Crippen molar-refractivity contribution >= 4 is 37.8 Å². The van der Waals surface area contributed by atoms with Gasteiger partial charge in [0, 0.05) is 10.9 Å². The van der Waals surface area contributed by atoms with Gasteiger partial charge in [-0.05, 0) is 33.8 Å². The summed E-state index contributed by atoms with van der Waals surface area (Å²) in [5.41, 5.74) is 0.644. The molecule has 1 unspecified atom stereocenters. The van der Waals surface area contributed by atoms with Crippen molar-refractivity contribution in [3.05, 3.63) is 53.1 Å². The van der Waals surface area contributed by atoms with Crippen molar-refractivity contribution in [2.24, 2.45) is 0 Å². The summed E-state index contributed by atoms with van der Waals surface area (Å²) in [7, 11) is 9.51. The monoisotopic (exact) mass is 500 g/mol. The molecule has 2 aromatic rings. The van der Waals surface area contributed by atoms with Crippen molar-refractivity contribution < 1.29 is 35.3 Å². The Morgan fingerprint density at radius 2 is 1.34 bits per heavy atom. The molecular formula is C21H26Cl2F3OPTi. The van der Waals surface area contributed by atoms with Gasteiger partial charge in [-0.1, -0.05) is 74.4 Å². The first kappa shape index (κ1) is 26.8. The summed E-state index contributed by atoms with van der Waals surface area (Å²) in [6, 6.07) is 9.39. The van der Waals surface area contributed by atoms with E-state index in [4.69, 9.17) is 18.6 Å². The second-order valence-electron chi connectivity index (χ2n) is 8.66. The predicted octanol–water partition coefficient (Wildman–Crippen LogP) is 7.01. The van der Waals surface area contributed by atoms with Crippen LogP contribution in [0.2, 0.25) is 0 Å².